The lowest BCUT2D eigenvalue weighted by Gasteiger charge is -2.23. The molecule has 0 fully saturated rings. The Morgan fingerprint density at radius 1 is 1.56 bits per heavy atom. The van der Waals surface area contributed by atoms with Gasteiger partial charge < -0.3 is 10.1 Å². The third-order valence-electron chi connectivity index (χ3n) is 2.72. The molecule has 2 rings (SSSR count). The quantitative estimate of drug-likeness (QED) is 0.448. The predicted octanol–water partition coefficient (Wildman–Crippen LogP) is 0.281. The Bertz CT molecular complexity index is 499. The lowest BCUT2D eigenvalue weighted by molar-refractivity contribution is -0.129. The van der Waals surface area contributed by atoms with Crippen molar-refractivity contribution in [1.29, 1.82) is 0 Å². The second kappa shape index (κ2) is 4.66. The van der Waals surface area contributed by atoms with Gasteiger partial charge in [0.25, 0.3) is 5.91 Å². The summed E-state index contributed by atoms with van der Waals surface area (Å²) in [5.74, 6) is 5.57. The van der Waals surface area contributed by atoms with Crippen LogP contribution in [0.2, 0.25) is 0 Å². The van der Waals surface area contributed by atoms with Gasteiger partial charge in [0.2, 0.25) is 5.91 Å². The molecule has 96 valence electrons. The van der Waals surface area contributed by atoms with Crippen LogP contribution in [0.15, 0.2) is 18.2 Å². The summed E-state index contributed by atoms with van der Waals surface area (Å²) in [5.41, 5.74) is 1.36. The zero-order valence-corrected chi connectivity index (χ0v) is 10.3. The number of carbonyl (C=O) groups excluding carboxylic acids is 2. The first-order chi connectivity index (χ1) is 8.47. The first-order valence-electron chi connectivity index (χ1n) is 5.59. The normalized spacial score (nSPS) is 17.5. The number of nitrogens with one attached hydrogen (secondary N) is 1. The van der Waals surface area contributed by atoms with Crippen LogP contribution in [-0.4, -0.2) is 30.0 Å². The number of rotatable bonds is 2. The average Bonchev–Trinajstić information content (AvgIpc) is 2.31. The van der Waals surface area contributed by atoms with Crippen molar-refractivity contribution in [2.45, 2.75) is 19.4 Å². The highest BCUT2D eigenvalue weighted by atomic mass is 16.5. The van der Waals surface area contributed by atoms with Gasteiger partial charge >= 0.3 is 0 Å². The van der Waals surface area contributed by atoms with Crippen molar-refractivity contribution in [3.8, 4) is 5.75 Å². The second-order valence-corrected chi connectivity index (χ2v) is 4.26. The van der Waals surface area contributed by atoms with Crippen LogP contribution >= 0.6 is 0 Å². The summed E-state index contributed by atoms with van der Waals surface area (Å²) in [5, 5.41) is 3.77. The average molecular weight is 249 g/mol. The monoisotopic (exact) mass is 249 g/mol. The molecule has 0 aromatic heterocycles. The Morgan fingerprint density at radius 3 is 2.94 bits per heavy atom. The van der Waals surface area contributed by atoms with E-state index in [-0.39, 0.29) is 18.2 Å². The largest absolute Gasteiger partial charge is 0.479 e. The molecule has 6 nitrogen and oxygen atoms in total. The zero-order chi connectivity index (χ0) is 13.3. The van der Waals surface area contributed by atoms with Crippen LogP contribution in [0.1, 0.15) is 12.5 Å². The van der Waals surface area contributed by atoms with Gasteiger partial charge in [0, 0.05) is 7.05 Å². The first kappa shape index (κ1) is 12.4. The van der Waals surface area contributed by atoms with E-state index in [1.807, 2.05) is 0 Å². The SMILES string of the molecule is CC1Oc2ccc(CC(=O)N(C)N)cc2NC1=O. The van der Waals surface area contributed by atoms with Gasteiger partial charge in [-0.3, -0.25) is 14.6 Å². The second-order valence-electron chi connectivity index (χ2n) is 4.26. The van der Waals surface area contributed by atoms with Gasteiger partial charge in [0.15, 0.2) is 6.10 Å². The van der Waals surface area contributed by atoms with Gasteiger partial charge in [-0.1, -0.05) is 6.07 Å². The van der Waals surface area contributed by atoms with Crippen molar-refractivity contribution in [3.05, 3.63) is 23.8 Å². The Hall–Kier alpha value is -2.08. The fraction of sp³-hybridized carbons (Fsp3) is 0.333. The van der Waals surface area contributed by atoms with E-state index in [4.69, 9.17) is 10.6 Å². The molecule has 1 aromatic carbocycles. The van der Waals surface area contributed by atoms with Crippen molar-refractivity contribution in [1.82, 2.24) is 5.01 Å². The number of fused-ring (bicyclic) bond motifs is 1. The summed E-state index contributed by atoms with van der Waals surface area (Å²) in [6.07, 6.45) is -0.314. The van der Waals surface area contributed by atoms with Crippen molar-refractivity contribution >= 4 is 17.5 Å². The Kier molecular flexibility index (Phi) is 3.20. The summed E-state index contributed by atoms with van der Waals surface area (Å²) in [4.78, 5) is 22.9. The van der Waals surface area contributed by atoms with Gasteiger partial charge in [-0.25, -0.2) is 5.84 Å². The van der Waals surface area contributed by atoms with Gasteiger partial charge in [0.1, 0.15) is 5.75 Å². The van der Waals surface area contributed by atoms with E-state index in [0.717, 1.165) is 10.6 Å². The molecule has 0 saturated carbocycles. The van der Waals surface area contributed by atoms with E-state index >= 15 is 0 Å². The number of amides is 2. The van der Waals surface area contributed by atoms with Crippen LogP contribution in [0.3, 0.4) is 0 Å². The maximum absolute atomic E-state index is 11.5. The number of likely N-dealkylation sites (N-methyl/N-ethyl adjacent to an activating group) is 1. The Morgan fingerprint density at radius 2 is 2.28 bits per heavy atom. The van der Waals surface area contributed by atoms with Crippen LogP contribution in [0.25, 0.3) is 0 Å². The van der Waals surface area contributed by atoms with Gasteiger partial charge in [0.05, 0.1) is 12.1 Å². The predicted molar refractivity (Wildman–Crippen MR) is 65.8 cm³/mol. The molecule has 18 heavy (non-hydrogen) atoms. The molecule has 2 amide bonds. The molecule has 1 aromatic rings. The Labute approximate surface area is 105 Å². The number of nitrogens with zero attached hydrogens (tertiary/aromatic N) is 1. The molecule has 1 aliphatic rings. The van der Waals surface area contributed by atoms with Crippen molar-refractivity contribution in [3.63, 3.8) is 0 Å². The fourth-order valence-electron chi connectivity index (χ4n) is 1.67. The van der Waals surface area contributed by atoms with E-state index in [1.54, 1.807) is 25.1 Å². The smallest absolute Gasteiger partial charge is 0.265 e. The van der Waals surface area contributed by atoms with Crippen molar-refractivity contribution < 1.29 is 14.3 Å². The molecule has 1 aliphatic heterocycles. The number of anilines is 1. The highest BCUT2D eigenvalue weighted by molar-refractivity contribution is 5.97. The summed E-state index contributed by atoms with van der Waals surface area (Å²) in [6.45, 7) is 1.68. The summed E-state index contributed by atoms with van der Waals surface area (Å²) >= 11 is 0. The highest BCUT2D eigenvalue weighted by Crippen LogP contribution is 2.30. The molecule has 1 atom stereocenters. The van der Waals surface area contributed by atoms with Crippen LogP contribution in [0, 0.1) is 0 Å². The molecule has 1 heterocycles. The van der Waals surface area contributed by atoms with E-state index in [1.165, 1.54) is 7.05 Å². The zero-order valence-electron chi connectivity index (χ0n) is 10.3. The maximum atomic E-state index is 11.5. The fourth-order valence-corrected chi connectivity index (χ4v) is 1.67. The molecule has 0 radical (unpaired) electrons. The molecule has 6 heteroatoms. The summed E-state index contributed by atoms with van der Waals surface area (Å²) in [6, 6.07) is 5.25. The van der Waals surface area contributed by atoms with Crippen molar-refractivity contribution in [2.75, 3.05) is 12.4 Å². The van der Waals surface area contributed by atoms with E-state index < -0.39 is 6.10 Å². The van der Waals surface area contributed by atoms with Crippen LogP contribution < -0.4 is 15.9 Å². The summed E-state index contributed by atoms with van der Waals surface area (Å²) < 4.78 is 5.42. The standard InChI is InChI=1S/C12H15N3O3/c1-7-12(17)14-9-5-8(3-4-10(9)18-7)6-11(16)15(2)13/h3-5,7H,6,13H2,1-2H3,(H,14,17). The number of hydrogen-bond donors (Lipinski definition) is 2. The lowest BCUT2D eigenvalue weighted by Crippen LogP contribution is -2.35. The molecule has 1 unspecified atom stereocenters. The number of carbonyl (C=O) groups is 2. The molecular weight excluding hydrogens is 234 g/mol. The minimum absolute atomic E-state index is 0.186. The van der Waals surface area contributed by atoms with Crippen LogP contribution in [0.4, 0.5) is 5.69 Å². The molecule has 0 aliphatic carbocycles. The maximum Gasteiger partial charge on any atom is 0.265 e. The minimum Gasteiger partial charge on any atom is -0.479 e. The van der Waals surface area contributed by atoms with Gasteiger partial charge in [-0.15, -0.1) is 0 Å². The molecular formula is C12H15N3O3. The lowest BCUT2D eigenvalue weighted by atomic mass is 10.1. The molecule has 0 saturated heterocycles. The number of hydrazine groups is 1. The van der Waals surface area contributed by atoms with Crippen LogP contribution in [-0.2, 0) is 16.0 Å². The summed E-state index contributed by atoms with van der Waals surface area (Å²) in [7, 11) is 1.49. The third kappa shape index (κ3) is 2.43. The number of ether oxygens (including phenoxy) is 1. The van der Waals surface area contributed by atoms with Gasteiger partial charge in [-0.2, -0.15) is 0 Å². The first-order valence-corrected chi connectivity index (χ1v) is 5.59. The topological polar surface area (TPSA) is 84.7 Å². The van der Waals surface area contributed by atoms with E-state index in [2.05, 4.69) is 5.32 Å². The van der Waals surface area contributed by atoms with Gasteiger partial charge in [-0.05, 0) is 24.6 Å². The molecule has 3 N–H and O–H groups in total. The number of nitrogens with two attached hydrogens (primary N) is 1. The number of benzene rings is 1. The van der Waals surface area contributed by atoms with E-state index in [9.17, 15) is 9.59 Å². The van der Waals surface area contributed by atoms with E-state index in [0.29, 0.717) is 11.4 Å². The van der Waals surface area contributed by atoms with Crippen LogP contribution in [0.5, 0.6) is 5.75 Å². The number of hydrogen-bond acceptors (Lipinski definition) is 4. The molecule has 0 spiro atoms. The molecule has 0 bridgehead atoms. The third-order valence-corrected chi connectivity index (χ3v) is 2.72. The van der Waals surface area contributed by atoms with Crippen molar-refractivity contribution in [2.24, 2.45) is 5.84 Å². The highest BCUT2D eigenvalue weighted by Gasteiger charge is 2.23. The minimum atomic E-state index is -0.500. The Balaban J connectivity index is 2.20.